The van der Waals surface area contributed by atoms with Gasteiger partial charge < -0.3 is 10.5 Å². The molecular formula is C27H46FNO. The highest BCUT2D eigenvalue weighted by molar-refractivity contribution is 5.64. The predicted octanol–water partition coefficient (Wildman–Crippen LogP) is 7.17. The monoisotopic (exact) mass is 419 g/mol. The van der Waals surface area contributed by atoms with E-state index in [2.05, 4.69) is 45.6 Å². The number of aldehydes is 1. The Morgan fingerprint density at radius 2 is 1.70 bits per heavy atom. The summed E-state index contributed by atoms with van der Waals surface area (Å²) in [6, 6.07) is 2.46. The molecule has 0 radical (unpaired) electrons. The second kappa shape index (κ2) is 13.7. The van der Waals surface area contributed by atoms with Crippen molar-refractivity contribution in [1.29, 1.82) is 0 Å². The molecule has 1 atom stereocenters. The maximum absolute atomic E-state index is 12.1. The molecule has 2 nitrogen and oxygen atoms in total. The molecule has 0 bridgehead atoms. The summed E-state index contributed by atoms with van der Waals surface area (Å²) in [5.74, 6) is 1.73. The number of fused-ring (bicyclic) bond motifs is 1. The summed E-state index contributed by atoms with van der Waals surface area (Å²) >= 11 is 0. The van der Waals surface area contributed by atoms with Gasteiger partial charge in [0.05, 0.1) is 0 Å². The van der Waals surface area contributed by atoms with Gasteiger partial charge in [-0.1, -0.05) is 38.5 Å². The van der Waals surface area contributed by atoms with Crippen molar-refractivity contribution in [3.63, 3.8) is 0 Å². The van der Waals surface area contributed by atoms with Crippen LogP contribution in [0.2, 0.25) is 0 Å². The first kappa shape index (κ1) is 28.5. The zero-order chi connectivity index (χ0) is 23.5. The second-order valence-electron chi connectivity index (χ2n) is 9.04. The van der Waals surface area contributed by atoms with Gasteiger partial charge in [-0.05, 0) is 120 Å². The minimum atomic E-state index is -0.958. The van der Waals surface area contributed by atoms with Crippen LogP contribution in [0.3, 0.4) is 0 Å². The Hall–Kier alpha value is -1.48. The molecule has 0 heterocycles. The number of carbonyl (C=O) groups excluding carboxylic acids is 1. The van der Waals surface area contributed by atoms with E-state index in [1.54, 1.807) is 36.1 Å². The van der Waals surface area contributed by atoms with Crippen LogP contribution < -0.4 is 5.73 Å². The topological polar surface area (TPSA) is 43.1 Å². The molecule has 1 aromatic rings. The van der Waals surface area contributed by atoms with Crippen LogP contribution in [0.15, 0.2) is 11.6 Å². The third-order valence-corrected chi connectivity index (χ3v) is 5.86. The fourth-order valence-corrected chi connectivity index (χ4v) is 3.76. The highest BCUT2D eigenvalue weighted by Gasteiger charge is 2.26. The van der Waals surface area contributed by atoms with Gasteiger partial charge in [-0.3, -0.25) is 0 Å². The van der Waals surface area contributed by atoms with Crippen molar-refractivity contribution >= 4 is 12.4 Å². The van der Waals surface area contributed by atoms with Gasteiger partial charge in [0.1, 0.15) is 12.0 Å². The lowest BCUT2D eigenvalue weighted by Gasteiger charge is -2.13. The van der Waals surface area contributed by atoms with E-state index in [-0.39, 0.29) is 0 Å². The minimum absolute atomic E-state index is 0.604. The number of hydrogen-bond donors (Lipinski definition) is 1. The molecule has 0 spiro atoms. The SMILES string of the molecule is CC/C(=C\c1c(C)cc2c(c1C)CC(C)C2)C1CC1.CC=O.CCC(C)(C)F.CN. The highest BCUT2D eigenvalue weighted by atomic mass is 19.1. The summed E-state index contributed by atoms with van der Waals surface area (Å²) in [7, 11) is 1.50. The standard InChI is InChI=1S/C19H26.C5H11F.C2H4O.CH5N/c1-5-15(16-6-7-16)11-18-13(3)10-17-8-12(2)9-19(17)14(18)4;1-4-5(2,3)6;1-2-3;1-2/h10-12,16H,5-9H2,1-4H3;4H2,1-3H3;2H,1H3;2H2,1H3/b15-11+;;;. The zero-order valence-corrected chi connectivity index (χ0v) is 21.0. The molecule has 30 heavy (non-hydrogen) atoms. The Morgan fingerprint density at radius 1 is 1.20 bits per heavy atom. The summed E-state index contributed by atoms with van der Waals surface area (Å²) < 4.78 is 12.1. The summed E-state index contributed by atoms with van der Waals surface area (Å²) in [6.45, 7) is 15.8. The van der Waals surface area contributed by atoms with Gasteiger partial charge in [0.2, 0.25) is 0 Å². The van der Waals surface area contributed by atoms with Crippen LogP contribution >= 0.6 is 0 Å². The lowest BCUT2D eigenvalue weighted by atomic mass is 9.92. The minimum Gasteiger partial charge on any atom is -0.333 e. The largest absolute Gasteiger partial charge is 0.333 e. The average Bonchev–Trinajstić information content (AvgIpc) is 3.46. The normalized spacial score (nSPS) is 17.4. The molecule has 3 rings (SSSR count). The molecular weight excluding hydrogens is 373 g/mol. The quantitative estimate of drug-likeness (QED) is 0.526. The predicted molar refractivity (Wildman–Crippen MR) is 131 cm³/mol. The van der Waals surface area contributed by atoms with Gasteiger partial charge in [0.25, 0.3) is 0 Å². The van der Waals surface area contributed by atoms with Gasteiger partial charge in [0, 0.05) is 0 Å². The van der Waals surface area contributed by atoms with Crippen LogP contribution in [0.5, 0.6) is 0 Å². The van der Waals surface area contributed by atoms with Crippen molar-refractivity contribution in [3.8, 4) is 0 Å². The number of carbonyl (C=O) groups is 1. The third-order valence-electron chi connectivity index (χ3n) is 5.86. The molecule has 3 heteroatoms. The number of nitrogens with two attached hydrogens (primary N) is 1. The van der Waals surface area contributed by atoms with Crippen LogP contribution in [-0.2, 0) is 17.6 Å². The molecule has 0 aliphatic heterocycles. The highest BCUT2D eigenvalue weighted by Crippen LogP contribution is 2.40. The van der Waals surface area contributed by atoms with Crippen molar-refractivity contribution in [2.75, 3.05) is 7.05 Å². The number of benzene rings is 1. The van der Waals surface area contributed by atoms with Crippen molar-refractivity contribution in [2.45, 2.75) is 99.6 Å². The van der Waals surface area contributed by atoms with E-state index < -0.39 is 5.67 Å². The van der Waals surface area contributed by atoms with Crippen LogP contribution in [-0.4, -0.2) is 19.0 Å². The van der Waals surface area contributed by atoms with Crippen molar-refractivity contribution in [2.24, 2.45) is 17.6 Å². The summed E-state index contributed by atoms with van der Waals surface area (Å²) in [5, 5.41) is 0. The van der Waals surface area contributed by atoms with Gasteiger partial charge in [-0.25, -0.2) is 4.39 Å². The van der Waals surface area contributed by atoms with Crippen molar-refractivity contribution in [3.05, 3.63) is 39.5 Å². The fourth-order valence-electron chi connectivity index (χ4n) is 3.76. The van der Waals surface area contributed by atoms with Gasteiger partial charge in [-0.2, -0.15) is 0 Å². The van der Waals surface area contributed by atoms with Crippen LogP contribution in [0.25, 0.3) is 6.08 Å². The molecule has 2 aliphatic rings. The number of alkyl halides is 1. The van der Waals surface area contributed by atoms with Gasteiger partial charge in [-0.15, -0.1) is 0 Å². The molecule has 1 saturated carbocycles. The van der Waals surface area contributed by atoms with E-state index in [9.17, 15) is 4.39 Å². The molecule has 2 N–H and O–H groups in total. The zero-order valence-electron chi connectivity index (χ0n) is 21.0. The molecule has 0 aromatic heterocycles. The molecule has 172 valence electrons. The van der Waals surface area contributed by atoms with Gasteiger partial charge >= 0.3 is 0 Å². The molecule has 1 unspecified atom stereocenters. The third kappa shape index (κ3) is 9.55. The maximum atomic E-state index is 12.1. The van der Waals surface area contributed by atoms with E-state index in [1.807, 2.05) is 6.92 Å². The van der Waals surface area contributed by atoms with E-state index in [0.29, 0.717) is 6.42 Å². The van der Waals surface area contributed by atoms with Crippen LogP contribution in [0.1, 0.15) is 95.0 Å². The van der Waals surface area contributed by atoms with E-state index in [4.69, 9.17) is 4.79 Å². The Bertz CT molecular complexity index is 681. The lowest BCUT2D eigenvalue weighted by molar-refractivity contribution is -0.106. The fraction of sp³-hybridized carbons (Fsp3) is 0.667. The summed E-state index contributed by atoms with van der Waals surface area (Å²) in [5.41, 5.74) is 13.1. The molecule has 1 fully saturated rings. The summed E-state index contributed by atoms with van der Waals surface area (Å²) in [4.78, 5) is 8.81. The number of hydrogen-bond acceptors (Lipinski definition) is 2. The Morgan fingerprint density at radius 3 is 2.10 bits per heavy atom. The first-order chi connectivity index (χ1) is 14.1. The summed E-state index contributed by atoms with van der Waals surface area (Å²) in [6.07, 6.45) is 10.5. The Balaban J connectivity index is 0.000000646. The molecule has 0 saturated heterocycles. The number of halogens is 1. The number of aryl methyl sites for hydroxylation is 1. The van der Waals surface area contributed by atoms with Crippen LogP contribution in [0, 0.1) is 25.7 Å². The van der Waals surface area contributed by atoms with Crippen molar-refractivity contribution in [1.82, 2.24) is 0 Å². The first-order valence-corrected chi connectivity index (χ1v) is 11.6. The maximum Gasteiger partial charge on any atom is 0.116 e. The number of rotatable bonds is 4. The molecule has 1 aromatic carbocycles. The number of allylic oxidation sites excluding steroid dienone is 1. The van der Waals surface area contributed by atoms with Crippen LogP contribution in [0.4, 0.5) is 4.39 Å². The van der Waals surface area contributed by atoms with E-state index in [1.165, 1.54) is 57.2 Å². The average molecular weight is 420 g/mol. The Kier molecular flexibility index (Phi) is 13.1. The van der Waals surface area contributed by atoms with Crippen molar-refractivity contribution < 1.29 is 9.18 Å². The molecule has 0 amide bonds. The van der Waals surface area contributed by atoms with Gasteiger partial charge in [0.15, 0.2) is 0 Å². The van der Waals surface area contributed by atoms with E-state index in [0.717, 1.165) is 18.1 Å². The second-order valence-corrected chi connectivity index (χ2v) is 9.04. The molecule has 2 aliphatic carbocycles. The lowest BCUT2D eigenvalue weighted by Crippen LogP contribution is -2.07. The van der Waals surface area contributed by atoms with E-state index >= 15 is 0 Å². The smallest absolute Gasteiger partial charge is 0.116 e. The Labute approximate surface area is 185 Å². The first-order valence-electron chi connectivity index (χ1n) is 11.6.